The molecule has 0 amide bonds. The summed E-state index contributed by atoms with van der Waals surface area (Å²) in [5, 5.41) is 9.61. The average molecular weight is 952 g/mol. The van der Waals surface area contributed by atoms with Gasteiger partial charge < -0.3 is 9.32 Å². The predicted molar refractivity (Wildman–Crippen MR) is 314 cm³/mol. The van der Waals surface area contributed by atoms with Gasteiger partial charge in [-0.15, -0.1) is 0 Å². The molecule has 16 rings (SSSR count). The van der Waals surface area contributed by atoms with Gasteiger partial charge in [0.05, 0.1) is 11.1 Å². The van der Waals surface area contributed by atoms with Gasteiger partial charge in [-0.25, -0.2) is 0 Å². The van der Waals surface area contributed by atoms with Crippen molar-refractivity contribution in [1.82, 2.24) is 0 Å². The SMILES string of the molecule is c1ccc(-c2cc(-c3ccccc3)cc(N(c3ccc4c5ccccc5c5ccccc5c4c3)c3cc4c(cc3-c3cccc5c3oc3ccccc35)-c3ccccc3C43c4ccccc4-c4ccccc43)c2)cc1. The zero-order valence-electron chi connectivity index (χ0n) is 40.8. The number of anilines is 3. The summed E-state index contributed by atoms with van der Waals surface area (Å²) in [6.07, 6.45) is 0. The normalized spacial score (nSPS) is 12.9. The summed E-state index contributed by atoms with van der Waals surface area (Å²) >= 11 is 0. The molecule has 0 fully saturated rings. The molecule has 0 radical (unpaired) electrons. The number of furan rings is 1. The lowest BCUT2D eigenvalue weighted by Crippen LogP contribution is -2.26. The van der Waals surface area contributed by atoms with Crippen LogP contribution in [0.25, 0.3) is 110 Å². The first-order chi connectivity index (χ1) is 37.2. The average Bonchev–Trinajstić information content (AvgIpc) is 4.22. The van der Waals surface area contributed by atoms with Crippen LogP contribution in [0.4, 0.5) is 17.1 Å². The molecule has 13 aromatic carbocycles. The van der Waals surface area contributed by atoms with Gasteiger partial charge in [0.2, 0.25) is 0 Å². The molecule has 14 aromatic rings. The van der Waals surface area contributed by atoms with Crippen molar-refractivity contribution in [2.45, 2.75) is 5.41 Å². The lowest BCUT2D eigenvalue weighted by Gasteiger charge is -2.34. The van der Waals surface area contributed by atoms with Crippen molar-refractivity contribution >= 4 is 71.3 Å². The van der Waals surface area contributed by atoms with Gasteiger partial charge in [0.1, 0.15) is 11.2 Å². The Labute approximate surface area is 434 Å². The van der Waals surface area contributed by atoms with Crippen LogP contribution in [-0.4, -0.2) is 0 Å². The highest BCUT2D eigenvalue weighted by Gasteiger charge is 2.52. The second kappa shape index (κ2) is 16.1. The first-order valence-corrected chi connectivity index (χ1v) is 26.0. The van der Waals surface area contributed by atoms with Crippen molar-refractivity contribution in [2.75, 3.05) is 4.90 Å². The van der Waals surface area contributed by atoms with Crippen molar-refractivity contribution in [2.24, 2.45) is 0 Å². The third kappa shape index (κ3) is 6.02. The highest BCUT2D eigenvalue weighted by Crippen LogP contribution is 2.64. The zero-order valence-corrected chi connectivity index (χ0v) is 40.8. The Balaban J connectivity index is 1.08. The molecule has 0 bridgehead atoms. The second-order valence-electron chi connectivity index (χ2n) is 20.2. The molecule has 2 aliphatic rings. The first-order valence-electron chi connectivity index (χ1n) is 26.0. The third-order valence-corrected chi connectivity index (χ3v) is 16.4. The van der Waals surface area contributed by atoms with Crippen LogP contribution in [-0.2, 0) is 5.41 Å². The fourth-order valence-corrected chi connectivity index (χ4v) is 13.3. The second-order valence-corrected chi connectivity index (χ2v) is 20.2. The quantitative estimate of drug-likeness (QED) is 0.154. The molecule has 2 nitrogen and oxygen atoms in total. The predicted octanol–water partition coefficient (Wildman–Crippen LogP) is 19.9. The summed E-state index contributed by atoms with van der Waals surface area (Å²) in [4.78, 5) is 2.56. The van der Waals surface area contributed by atoms with Gasteiger partial charge in [-0.3, -0.25) is 0 Å². The van der Waals surface area contributed by atoms with E-state index in [0.29, 0.717) is 0 Å². The molecule has 1 spiro atoms. The summed E-state index contributed by atoms with van der Waals surface area (Å²) in [6, 6.07) is 101. The summed E-state index contributed by atoms with van der Waals surface area (Å²) in [5.74, 6) is 0. The minimum absolute atomic E-state index is 0.580. The van der Waals surface area contributed by atoms with E-state index in [1.807, 2.05) is 0 Å². The fourth-order valence-electron chi connectivity index (χ4n) is 13.3. The molecule has 1 aromatic heterocycles. The summed E-state index contributed by atoms with van der Waals surface area (Å²) in [5.41, 5.74) is 21.3. The van der Waals surface area contributed by atoms with E-state index in [0.717, 1.165) is 72.4 Å². The van der Waals surface area contributed by atoms with Gasteiger partial charge in [0.25, 0.3) is 0 Å². The molecule has 0 saturated carbocycles. The van der Waals surface area contributed by atoms with Gasteiger partial charge >= 0.3 is 0 Å². The lowest BCUT2D eigenvalue weighted by atomic mass is 9.70. The van der Waals surface area contributed by atoms with Crippen LogP contribution < -0.4 is 4.90 Å². The standard InChI is InChI=1S/C73H45NO/c1-3-20-46(21-4-1)48-40-49(47-22-5-2-6-23-47)42-51(41-48)74(50-38-39-56-54-26-8-7-24-52(54)53-25-9-10-27-55(53)63(56)43-50)70-45-69-64(44-65(70)62-33-19-32-61-60-31-14-18-37-71(60)75-72(61)62)59-30-13-17-36-68(59)73(69)66-34-15-11-28-57(66)58-29-12-16-35-67(58)73/h1-45H. The van der Waals surface area contributed by atoms with Gasteiger partial charge in [-0.05, 0) is 148 Å². The maximum absolute atomic E-state index is 7.04. The van der Waals surface area contributed by atoms with Crippen molar-refractivity contribution < 1.29 is 4.42 Å². The molecule has 0 atom stereocenters. The Kier molecular flexibility index (Phi) is 8.99. The van der Waals surface area contributed by atoms with Crippen LogP contribution in [0.15, 0.2) is 277 Å². The Morgan fingerprint density at radius 1 is 0.253 bits per heavy atom. The van der Waals surface area contributed by atoms with E-state index in [-0.39, 0.29) is 0 Å². The van der Waals surface area contributed by atoms with E-state index in [4.69, 9.17) is 4.42 Å². The number of para-hydroxylation sites is 2. The topological polar surface area (TPSA) is 16.4 Å². The molecular weight excluding hydrogens is 907 g/mol. The van der Waals surface area contributed by atoms with Crippen LogP contribution >= 0.6 is 0 Å². The van der Waals surface area contributed by atoms with Crippen LogP contribution in [0.5, 0.6) is 0 Å². The molecule has 348 valence electrons. The Bertz CT molecular complexity index is 4520. The fraction of sp³-hybridized carbons (Fsp3) is 0.0137. The maximum atomic E-state index is 7.04. The molecule has 0 saturated heterocycles. The molecule has 2 aliphatic carbocycles. The number of hydrogen-bond acceptors (Lipinski definition) is 2. The first kappa shape index (κ1) is 41.8. The monoisotopic (exact) mass is 951 g/mol. The van der Waals surface area contributed by atoms with Gasteiger partial charge in [0, 0.05) is 33.3 Å². The van der Waals surface area contributed by atoms with Crippen molar-refractivity contribution in [1.29, 1.82) is 0 Å². The van der Waals surface area contributed by atoms with Crippen LogP contribution in [0.3, 0.4) is 0 Å². The van der Waals surface area contributed by atoms with Crippen LogP contribution in [0, 0.1) is 0 Å². The number of benzene rings is 13. The third-order valence-electron chi connectivity index (χ3n) is 16.4. The molecule has 2 heteroatoms. The minimum atomic E-state index is -0.580. The minimum Gasteiger partial charge on any atom is -0.455 e. The van der Waals surface area contributed by atoms with Gasteiger partial charge in [-0.1, -0.05) is 224 Å². The summed E-state index contributed by atoms with van der Waals surface area (Å²) < 4.78 is 7.04. The Morgan fingerprint density at radius 2 is 0.720 bits per heavy atom. The Hall–Kier alpha value is -9.76. The molecule has 75 heavy (non-hydrogen) atoms. The maximum Gasteiger partial charge on any atom is 0.143 e. The molecule has 1 heterocycles. The smallest absolute Gasteiger partial charge is 0.143 e. The van der Waals surface area contributed by atoms with Crippen LogP contribution in [0.2, 0.25) is 0 Å². The number of hydrogen-bond donors (Lipinski definition) is 0. The highest BCUT2D eigenvalue weighted by atomic mass is 16.3. The largest absolute Gasteiger partial charge is 0.455 e. The lowest BCUT2D eigenvalue weighted by molar-refractivity contribution is 0.670. The van der Waals surface area contributed by atoms with E-state index >= 15 is 0 Å². The number of rotatable bonds is 6. The van der Waals surface area contributed by atoms with E-state index in [2.05, 4.69) is 278 Å². The van der Waals surface area contributed by atoms with Crippen molar-refractivity contribution in [3.05, 3.63) is 295 Å². The molecule has 0 unspecified atom stereocenters. The number of nitrogens with zero attached hydrogens (tertiary/aromatic N) is 1. The van der Waals surface area contributed by atoms with Crippen molar-refractivity contribution in [3.8, 4) is 55.6 Å². The molecule has 0 N–H and O–H groups in total. The Morgan fingerprint density at radius 3 is 1.32 bits per heavy atom. The molecular formula is C73H45NO. The van der Waals surface area contributed by atoms with Crippen LogP contribution in [0.1, 0.15) is 22.3 Å². The van der Waals surface area contributed by atoms with Crippen molar-refractivity contribution in [3.63, 3.8) is 0 Å². The van der Waals surface area contributed by atoms with Gasteiger partial charge in [0.15, 0.2) is 0 Å². The van der Waals surface area contributed by atoms with E-state index in [1.165, 1.54) is 76.8 Å². The zero-order chi connectivity index (χ0) is 49.2. The van der Waals surface area contributed by atoms with E-state index in [1.54, 1.807) is 0 Å². The number of fused-ring (bicyclic) bond motifs is 19. The summed E-state index contributed by atoms with van der Waals surface area (Å²) in [7, 11) is 0. The summed E-state index contributed by atoms with van der Waals surface area (Å²) in [6.45, 7) is 0. The van der Waals surface area contributed by atoms with E-state index < -0.39 is 5.41 Å². The van der Waals surface area contributed by atoms with Gasteiger partial charge in [-0.2, -0.15) is 0 Å². The molecule has 0 aliphatic heterocycles. The van der Waals surface area contributed by atoms with E-state index in [9.17, 15) is 0 Å². The highest BCUT2D eigenvalue weighted by molar-refractivity contribution is 6.26.